The molecule has 6 rings (SSSR count). The van der Waals surface area contributed by atoms with E-state index in [-0.39, 0.29) is 59.5 Å². The van der Waals surface area contributed by atoms with Crippen molar-refractivity contribution in [3.8, 4) is 11.8 Å². The minimum atomic E-state index is -4.91. The van der Waals surface area contributed by atoms with Crippen molar-refractivity contribution in [1.82, 2.24) is 20.1 Å². The van der Waals surface area contributed by atoms with Crippen molar-refractivity contribution < 1.29 is 41.5 Å². The van der Waals surface area contributed by atoms with Crippen molar-refractivity contribution in [3.05, 3.63) is 71.3 Å². The fraction of sp³-hybridized carbons (Fsp3) is 0.395. The molecule has 0 spiro atoms. The third kappa shape index (κ3) is 8.98. The van der Waals surface area contributed by atoms with Crippen LogP contribution in [0.5, 0.6) is 5.75 Å². The monoisotopic (exact) mass is 809 g/mol. The smallest absolute Gasteiger partial charge is 0.419 e. The van der Waals surface area contributed by atoms with E-state index >= 15 is 4.39 Å². The molecule has 1 aromatic heterocycles. The first-order chi connectivity index (χ1) is 27.0. The molecule has 3 fully saturated rings. The van der Waals surface area contributed by atoms with Crippen LogP contribution in [0.2, 0.25) is 0 Å². The number of halogens is 4. The maximum absolute atomic E-state index is 15.5. The quantitative estimate of drug-likeness (QED) is 0.144. The van der Waals surface area contributed by atoms with Crippen LogP contribution in [0.1, 0.15) is 43.5 Å². The average Bonchev–Trinajstić information content (AvgIpc) is 3.32. The summed E-state index contributed by atoms with van der Waals surface area (Å²) >= 11 is 5.58. The van der Waals surface area contributed by atoms with Gasteiger partial charge in [0.15, 0.2) is 22.4 Å². The molecular formula is C38H39F4N9O5S. The van der Waals surface area contributed by atoms with Gasteiger partial charge in [-0.25, -0.2) is 9.37 Å². The molecular weight excluding hydrogens is 771 g/mol. The number of piperidine rings is 1. The first-order valence-corrected chi connectivity index (χ1v) is 18.4. The molecule has 3 aliphatic heterocycles. The van der Waals surface area contributed by atoms with Crippen LogP contribution in [-0.4, -0.2) is 101 Å². The number of anilines is 4. The standard InChI is InChI=1S/C38H39F4N9O5S/c1-22-15-31(27(39)18-30(22)51-36(57)50(35(55)37(51,2)3)25-17-26(38(40,41)42)29(19-43)44-20-25)56-14-13-48-9-11-49(12-10-48)21-33(53)46-24-6-4-5-23(16-24)45-28-7-8-32(52)47-34(28)54/h4-6,15-18,20,28,45H,7-14,21H2,1-3H3,(H,46,53)(H,47,52,54). The summed E-state index contributed by atoms with van der Waals surface area (Å²) in [7, 11) is 0. The maximum Gasteiger partial charge on any atom is 0.419 e. The van der Waals surface area contributed by atoms with E-state index in [1.807, 2.05) is 4.90 Å². The predicted octanol–water partition coefficient (Wildman–Crippen LogP) is 4.19. The second-order valence-electron chi connectivity index (χ2n) is 14.3. The van der Waals surface area contributed by atoms with Crippen LogP contribution in [0.3, 0.4) is 0 Å². The number of aromatic nitrogens is 1. The molecule has 19 heteroatoms. The number of piperazine rings is 1. The Morgan fingerprint density at radius 1 is 1.09 bits per heavy atom. The van der Waals surface area contributed by atoms with Crippen LogP contribution in [0.4, 0.5) is 40.3 Å². The van der Waals surface area contributed by atoms with Crippen molar-refractivity contribution in [3.63, 3.8) is 0 Å². The van der Waals surface area contributed by atoms with Gasteiger partial charge in [0.25, 0.3) is 5.91 Å². The Balaban J connectivity index is 0.997. The lowest BCUT2D eigenvalue weighted by Gasteiger charge is -2.34. The van der Waals surface area contributed by atoms with Gasteiger partial charge in [-0.05, 0) is 75.3 Å². The number of pyridine rings is 1. The molecule has 0 saturated carbocycles. The van der Waals surface area contributed by atoms with E-state index in [2.05, 4.69) is 25.8 Å². The number of nitrogens with one attached hydrogen (secondary N) is 3. The Morgan fingerprint density at radius 3 is 2.47 bits per heavy atom. The fourth-order valence-electron chi connectivity index (χ4n) is 6.88. The Morgan fingerprint density at radius 2 is 1.79 bits per heavy atom. The van der Waals surface area contributed by atoms with Gasteiger partial charge >= 0.3 is 6.18 Å². The molecule has 57 heavy (non-hydrogen) atoms. The van der Waals surface area contributed by atoms with Crippen LogP contribution >= 0.6 is 12.2 Å². The lowest BCUT2D eigenvalue weighted by atomic mass is 10.0. The van der Waals surface area contributed by atoms with Gasteiger partial charge in [0.1, 0.15) is 24.3 Å². The van der Waals surface area contributed by atoms with Crippen molar-refractivity contribution in [1.29, 1.82) is 5.26 Å². The number of imide groups is 1. The molecule has 300 valence electrons. The molecule has 3 N–H and O–H groups in total. The Kier molecular flexibility index (Phi) is 11.8. The lowest BCUT2D eigenvalue weighted by Crippen LogP contribution is -2.49. The molecule has 0 radical (unpaired) electrons. The van der Waals surface area contributed by atoms with Crippen molar-refractivity contribution in [2.24, 2.45) is 0 Å². The second kappa shape index (κ2) is 16.4. The van der Waals surface area contributed by atoms with Gasteiger partial charge in [0.2, 0.25) is 17.7 Å². The summed E-state index contributed by atoms with van der Waals surface area (Å²) < 4.78 is 62.4. The zero-order valence-corrected chi connectivity index (χ0v) is 32.0. The Hall–Kier alpha value is -5.71. The van der Waals surface area contributed by atoms with Crippen LogP contribution in [0, 0.1) is 24.1 Å². The van der Waals surface area contributed by atoms with E-state index in [0.29, 0.717) is 62.1 Å². The molecule has 3 aliphatic rings. The fourth-order valence-corrected chi connectivity index (χ4v) is 7.40. The average molecular weight is 810 g/mol. The van der Waals surface area contributed by atoms with E-state index in [1.54, 1.807) is 31.2 Å². The summed E-state index contributed by atoms with van der Waals surface area (Å²) in [6.07, 6.45) is -3.32. The molecule has 2 aromatic carbocycles. The van der Waals surface area contributed by atoms with Gasteiger partial charge in [0, 0.05) is 56.6 Å². The van der Waals surface area contributed by atoms with Crippen LogP contribution in [0.15, 0.2) is 48.7 Å². The normalized spacial score (nSPS) is 19.0. The highest BCUT2D eigenvalue weighted by Gasteiger charge is 2.51. The summed E-state index contributed by atoms with van der Waals surface area (Å²) in [5.74, 6) is -2.31. The van der Waals surface area contributed by atoms with E-state index in [9.17, 15) is 32.3 Å². The number of carbonyl (C=O) groups excluding carboxylic acids is 4. The molecule has 1 unspecified atom stereocenters. The zero-order chi connectivity index (χ0) is 41.2. The van der Waals surface area contributed by atoms with Gasteiger partial charge < -0.3 is 20.3 Å². The third-order valence-corrected chi connectivity index (χ3v) is 10.3. The third-order valence-electron chi connectivity index (χ3n) is 9.93. The molecule has 0 aliphatic carbocycles. The van der Waals surface area contributed by atoms with Crippen molar-refractivity contribution in [2.75, 3.05) is 66.3 Å². The number of thiocarbonyl (C=S) groups is 1. The summed E-state index contributed by atoms with van der Waals surface area (Å²) in [6, 6.07) is 11.1. The van der Waals surface area contributed by atoms with Crippen LogP contribution in [-0.2, 0) is 25.4 Å². The Bertz CT molecular complexity index is 2150. The second-order valence-corrected chi connectivity index (χ2v) is 14.7. The van der Waals surface area contributed by atoms with E-state index in [0.717, 1.165) is 11.1 Å². The molecule has 14 nitrogen and oxygen atoms in total. The molecule has 4 heterocycles. The molecule has 1 atom stereocenters. The highest BCUT2D eigenvalue weighted by atomic mass is 32.1. The van der Waals surface area contributed by atoms with Gasteiger partial charge in [-0.1, -0.05) is 6.07 Å². The number of amides is 4. The molecule has 3 saturated heterocycles. The number of carbonyl (C=O) groups is 4. The minimum absolute atomic E-state index is 0.0276. The number of hydrogen-bond donors (Lipinski definition) is 3. The van der Waals surface area contributed by atoms with Gasteiger partial charge in [0.05, 0.1) is 29.7 Å². The van der Waals surface area contributed by atoms with Gasteiger partial charge in [-0.15, -0.1) is 0 Å². The largest absolute Gasteiger partial charge is 0.489 e. The topological polar surface area (TPSA) is 163 Å². The van der Waals surface area contributed by atoms with E-state index in [4.69, 9.17) is 22.2 Å². The first-order valence-electron chi connectivity index (χ1n) is 18.0. The summed E-state index contributed by atoms with van der Waals surface area (Å²) in [5.41, 5.74) is -1.94. The minimum Gasteiger partial charge on any atom is -0.489 e. The summed E-state index contributed by atoms with van der Waals surface area (Å²) in [5, 5.41) is 17.2. The maximum atomic E-state index is 15.5. The van der Waals surface area contributed by atoms with Crippen molar-refractivity contribution in [2.45, 2.75) is 51.4 Å². The van der Waals surface area contributed by atoms with Gasteiger partial charge in [-0.3, -0.25) is 39.2 Å². The number of nitrogens with zero attached hydrogens (tertiary/aromatic N) is 6. The SMILES string of the molecule is Cc1cc(OCCN2CCN(CC(=O)Nc3cccc(NC4CCC(=O)NC4=O)c3)CC2)c(F)cc1N1C(=S)N(c2cnc(C#N)c(C(F)(F)F)c2)C(=O)C1(C)C. The number of nitriles is 1. The van der Waals surface area contributed by atoms with Crippen molar-refractivity contribution >= 4 is 63.7 Å². The van der Waals surface area contributed by atoms with E-state index in [1.165, 1.54) is 36.9 Å². The lowest BCUT2D eigenvalue weighted by molar-refractivity contribution is -0.138. The summed E-state index contributed by atoms with van der Waals surface area (Å²) in [6.45, 7) is 8.04. The zero-order valence-electron chi connectivity index (χ0n) is 31.2. The summed E-state index contributed by atoms with van der Waals surface area (Å²) in [4.78, 5) is 60.0. The number of alkyl halides is 3. The number of rotatable bonds is 11. The molecule has 4 amide bonds. The highest BCUT2D eigenvalue weighted by molar-refractivity contribution is 7.81. The van der Waals surface area contributed by atoms with Crippen LogP contribution in [0.25, 0.3) is 0 Å². The Labute approximate surface area is 330 Å². The number of ether oxygens (including phenoxy) is 1. The van der Waals surface area contributed by atoms with Gasteiger partial charge in [-0.2, -0.15) is 18.4 Å². The number of aryl methyl sites for hydroxylation is 1. The first kappa shape index (κ1) is 40.9. The number of hydrogen-bond acceptors (Lipinski definition) is 11. The molecule has 3 aromatic rings. The van der Waals surface area contributed by atoms with E-state index < -0.39 is 40.7 Å². The highest BCUT2D eigenvalue weighted by Crippen LogP contribution is 2.41. The predicted molar refractivity (Wildman–Crippen MR) is 205 cm³/mol. The molecule has 0 bridgehead atoms. The van der Waals surface area contributed by atoms with Crippen LogP contribution < -0.4 is 30.5 Å². The number of benzene rings is 2.